The number of carbonyl (C=O) groups is 6. The van der Waals surface area contributed by atoms with Crippen LogP contribution >= 0.6 is 0 Å². The molecule has 0 saturated heterocycles. The average molecular weight is 906 g/mol. The summed E-state index contributed by atoms with van der Waals surface area (Å²) in [4.78, 5) is 67.2. The van der Waals surface area contributed by atoms with Crippen LogP contribution in [0.15, 0.2) is 133 Å². The molecule has 0 aliphatic heterocycles. The first kappa shape index (κ1) is 45.8. The van der Waals surface area contributed by atoms with Crippen LogP contribution in [0.25, 0.3) is 44.3 Å². The Morgan fingerprint density at radius 2 is 0.685 bits per heavy atom. The molecule has 0 bridgehead atoms. The van der Waals surface area contributed by atoms with Gasteiger partial charge < -0.3 is 29.7 Å². The van der Waals surface area contributed by atoms with Crippen molar-refractivity contribution < 1.29 is 64.2 Å². The first-order valence-electron chi connectivity index (χ1n) is 16.2. The third-order valence-electron chi connectivity index (χ3n) is 6.52. The largest absolute Gasteiger partial charge is 3.00 e. The molecule has 0 fully saturated rings. The number of benzene rings is 4. The molecule has 6 aromatic rings. The van der Waals surface area contributed by atoms with Crippen LogP contribution in [-0.2, 0) is 48.9 Å². The molecule has 0 radical (unpaired) electrons. The number of carboxylic acids is 3. The van der Waals surface area contributed by atoms with Crippen LogP contribution in [0.4, 0.5) is 0 Å². The van der Waals surface area contributed by atoms with Gasteiger partial charge in [0.1, 0.15) is 17.3 Å². The molecule has 0 aliphatic carbocycles. The van der Waals surface area contributed by atoms with E-state index in [1.807, 2.05) is 72.8 Å². The molecule has 0 spiro atoms. The minimum absolute atomic E-state index is 0. The van der Waals surface area contributed by atoms with Crippen LogP contribution < -0.4 is 15.3 Å². The number of aliphatic carboxylic acids is 3. The number of carboxylic acid groups (broad SMARTS) is 3. The van der Waals surface area contributed by atoms with E-state index in [9.17, 15) is 44.1 Å². The van der Waals surface area contributed by atoms with Crippen molar-refractivity contribution in [2.75, 3.05) is 0 Å². The minimum atomic E-state index is -1.31. The van der Waals surface area contributed by atoms with Gasteiger partial charge in [0.05, 0.1) is 22.4 Å². The van der Waals surface area contributed by atoms with Gasteiger partial charge in [0, 0.05) is 59.1 Å². The predicted octanol–water partition coefficient (Wildman–Crippen LogP) is 3.95. The molecule has 0 amide bonds. The van der Waals surface area contributed by atoms with Crippen LogP contribution in [-0.4, -0.2) is 45.2 Å². The van der Waals surface area contributed by atoms with Crippen LogP contribution in [0.3, 0.4) is 0 Å². The van der Waals surface area contributed by atoms with E-state index in [-0.39, 0.29) is 37.5 Å². The van der Waals surface area contributed by atoms with E-state index in [0.717, 1.165) is 33.5 Å². The van der Waals surface area contributed by atoms with E-state index in [2.05, 4.69) is 70.6 Å². The number of Topliss-reactive ketones (excluding diaryl/α,β-unsaturated/α-hetero) is 3. The molecule has 2 heterocycles. The van der Waals surface area contributed by atoms with Crippen molar-refractivity contribution in [1.82, 2.24) is 9.97 Å². The Morgan fingerprint density at radius 1 is 0.407 bits per heavy atom. The fourth-order valence-corrected chi connectivity index (χ4v) is 4.28. The van der Waals surface area contributed by atoms with Crippen molar-refractivity contribution >= 4 is 57.1 Å². The summed E-state index contributed by atoms with van der Waals surface area (Å²) in [5, 5.41) is 30.8. The Hall–Kier alpha value is -6.23. The summed E-state index contributed by atoms with van der Waals surface area (Å²) < 4.78 is 0. The summed E-state index contributed by atoms with van der Waals surface area (Å²) in [6.07, 6.45) is -1.42. The molecule has 54 heavy (non-hydrogen) atoms. The fraction of sp³-hybridized carbons (Fsp3) is 0.143. The number of hydrogen-bond acceptors (Lipinski definition) is 11. The molecule has 0 atom stereocenters. The first-order valence-corrected chi connectivity index (χ1v) is 16.2. The zero-order valence-corrected chi connectivity index (χ0v) is 32.1. The number of ketones is 3. The summed E-state index contributed by atoms with van der Waals surface area (Å²) in [7, 11) is 0. The van der Waals surface area contributed by atoms with Crippen LogP contribution in [0.5, 0.6) is 0 Å². The standard InChI is InChI=1S/2C15H11N.3C4H6O3.Ir/c2*1-2-6-12(7-3-1)15-11-10-13-8-4-5-9-14(13)16-15;3*1-3(5)2-4(6)7;/h2*1-11H;3*2H2,1H3,(H,6,7);/q;;;;;+3/p-3. The van der Waals surface area contributed by atoms with Crippen molar-refractivity contribution in [2.45, 2.75) is 40.0 Å². The Bertz CT molecular complexity index is 1930. The van der Waals surface area contributed by atoms with Gasteiger partial charge in [0.25, 0.3) is 0 Å². The van der Waals surface area contributed by atoms with E-state index < -0.39 is 37.2 Å². The summed E-state index contributed by atoms with van der Waals surface area (Å²) >= 11 is 0. The van der Waals surface area contributed by atoms with Crippen molar-refractivity contribution in [2.24, 2.45) is 0 Å². The predicted molar refractivity (Wildman–Crippen MR) is 195 cm³/mol. The van der Waals surface area contributed by atoms with E-state index in [1.54, 1.807) is 0 Å². The van der Waals surface area contributed by atoms with Gasteiger partial charge in [-0.3, -0.25) is 14.4 Å². The number of hydrogen-bond donors (Lipinski definition) is 0. The van der Waals surface area contributed by atoms with Crippen LogP contribution in [0.2, 0.25) is 0 Å². The monoisotopic (exact) mass is 906 g/mol. The van der Waals surface area contributed by atoms with Gasteiger partial charge in [-0.2, -0.15) is 0 Å². The van der Waals surface area contributed by atoms with Gasteiger partial charge in [-0.05, 0) is 45.0 Å². The van der Waals surface area contributed by atoms with E-state index in [4.69, 9.17) is 0 Å². The number of rotatable bonds is 8. The Labute approximate surface area is 326 Å². The van der Waals surface area contributed by atoms with Crippen molar-refractivity contribution in [3.63, 3.8) is 0 Å². The van der Waals surface area contributed by atoms with Gasteiger partial charge in [-0.15, -0.1) is 0 Å². The second-order valence-electron chi connectivity index (χ2n) is 11.3. The number of aromatic nitrogens is 2. The molecule has 2 aromatic heterocycles. The molecule has 0 saturated carbocycles. The zero-order chi connectivity index (χ0) is 39.2. The molecular formula is C42H37IrN2O9. The maximum absolute atomic E-state index is 9.83. The second-order valence-corrected chi connectivity index (χ2v) is 11.3. The van der Waals surface area contributed by atoms with E-state index in [0.29, 0.717) is 0 Å². The number of carbonyl (C=O) groups excluding carboxylic acids is 6. The van der Waals surface area contributed by atoms with Gasteiger partial charge in [-0.1, -0.05) is 109 Å². The molecule has 0 aliphatic rings. The number of nitrogens with zero attached hydrogens (tertiary/aromatic N) is 2. The fourth-order valence-electron chi connectivity index (χ4n) is 4.28. The third kappa shape index (κ3) is 18.8. The smallest absolute Gasteiger partial charge is 0.550 e. The maximum atomic E-state index is 9.83. The normalized spacial score (nSPS) is 9.39. The number of fused-ring (bicyclic) bond motifs is 2. The zero-order valence-electron chi connectivity index (χ0n) is 29.7. The molecule has 278 valence electrons. The van der Waals surface area contributed by atoms with Crippen molar-refractivity contribution in [1.29, 1.82) is 0 Å². The molecule has 4 aromatic carbocycles. The minimum Gasteiger partial charge on any atom is -0.550 e. The average Bonchev–Trinajstić information content (AvgIpc) is 3.11. The van der Waals surface area contributed by atoms with Gasteiger partial charge in [0.15, 0.2) is 0 Å². The summed E-state index contributed by atoms with van der Waals surface area (Å²) in [6.45, 7) is 3.61. The Balaban J connectivity index is 0.000000359. The SMILES string of the molecule is CC(=O)CC(=O)[O-].CC(=O)CC(=O)[O-].CC(=O)CC(=O)[O-].[Ir+3].c1ccc(-c2ccc3ccccc3n2)cc1.c1ccc(-c2ccc3ccccc3n2)cc1. The molecule has 0 N–H and O–H groups in total. The summed E-state index contributed by atoms with van der Waals surface area (Å²) in [5.74, 6) is -5.06. The third-order valence-corrected chi connectivity index (χ3v) is 6.52. The topological polar surface area (TPSA) is 197 Å². The van der Waals surface area contributed by atoms with E-state index >= 15 is 0 Å². The molecule has 11 nitrogen and oxygen atoms in total. The number of pyridine rings is 2. The Morgan fingerprint density at radius 3 is 0.944 bits per heavy atom. The number of para-hydroxylation sites is 2. The van der Waals surface area contributed by atoms with Gasteiger partial charge in [-0.25, -0.2) is 9.97 Å². The molecule has 0 unspecified atom stereocenters. The van der Waals surface area contributed by atoms with Gasteiger partial charge in [0.2, 0.25) is 0 Å². The molecular weight excluding hydrogens is 869 g/mol. The molecule has 6 rings (SSSR count). The summed E-state index contributed by atoms with van der Waals surface area (Å²) in [5.41, 5.74) is 6.47. The van der Waals surface area contributed by atoms with Crippen LogP contribution in [0.1, 0.15) is 40.0 Å². The maximum Gasteiger partial charge on any atom is 3.00 e. The summed E-state index contributed by atoms with van der Waals surface area (Å²) in [6, 6.07) is 45.2. The van der Waals surface area contributed by atoms with E-state index in [1.165, 1.54) is 31.5 Å². The van der Waals surface area contributed by atoms with Crippen molar-refractivity contribution in [3.05, 3.63) is 133 Å². The van der Waals surface area contributed by atoms with Gasteiger partial charge >= 0.3 is 20.1 Å². The quantitative estimate of drug-likeness (QED) is 0.201. The Kier molecular flexibility index (Phi) is 21.1. The second kappa shape index (κ2) is 24.9. The van der Waals surface area contributed by atoms with Crippen molar-refractivity contribution in [3.8, 4) is 22.5 Å². The molecule has 12 heteroatoms. The first-order chi connectivity index (χ1) is 25.2. The van der Waals surface area contributed by atoms with Crippen LogP contribution in [0, 0.1) is 0 Å².